The van der Waals surface area contributed by atoms with Crippen LogP contribution in [0.3, 0.4) is 0 Å². The Kier molecular flexibility index (Phi) is 8.01. The van der Waals surface area contributed by atoms with Crippen molar-refractivity contribution < 1.29 is 14.3 Å². The molecule has 0 aliphatic carbocycles. The van der Waals surface area contributed by atoms with Crippen molar-refractivity contribution in [3.05, 3.63) is 12.2 Å². The topological polar surface area (TPSA) is 35.5 Å². The molecule has 0 saturated carbocycles. The van der Waals surface area contributed by atoms with Crippen LogP contribution in [-0.2, 0) is 14.3 Å². The average molecular weight is 214 g/mol. The first kappa shape index (κ1) is 14.2. The van der Waals surface area contributed by atoms with Gasteiger partial charge >= 0.3 is 5.97 Å². The van der Waals surface area contributed by atoms with E-state index in [-0.39, 0.29) is 12.1 Å². The molecular weight excluding hydrogens is 192 g/mol. The van der Waals surface area contributed by atoms with Crippen molar-refractivity contribution in [2.75, 3.05) is 13.2 Å². The summed E-state index contributed by atoms with van der Waals surface area (Å²) >= 11 is 0. The Labute approximate surface area is 92.5 Å². The van der Waals surface area contributed by atoms with Crippen molar-refractivity contribution in [2.24, 2.45) is 5.92 Å². The van der Waals surface area contributed by atoms with E-state index in [4.69, 9.17) is 9.47 Å². The van der Waals surface area contributed by atoms with Crippen LogP contribution in [0.4, 0.5) is 0 Å². The molecular formula is C12H22O3. The molecule has 1 atom stereocenters. The highest BCUT2D eigenvalue weighted by atomic mass is 16.5. The zero-order valence-corrected chi connectivity index (χ0v) is 10.2. The van der Waals surface area contributed by atoms with Gasteiger partial charge in [-0.2, -0.15) is 0 Å². The highest BCUT2D eigenvalue weighted by molar-refractivity contribution is 5.81. The Balaban J connectivity index is 3.56. The third kappa shape index (κ3) is 9.47. The zero-order valence-electron chi connectivity index (χ0n) is 10.2. The normalized spacial score (nSPS) is 13.4. The van der Waals surface area contributed by atoms with Gasteiger partial charge in [-0.25, -0.2) is 4.79 Å². The molecule has 88 valence electrons. The Morgan fingerprint density at radius 2 is 2.00 bits per heavy atom. The maximum atomic E-state index is 10.9. The molecule has 0 aromatic carbocycles. The molecule has 3 nitrogen and oxygen atoms in total. The van der Waals surface area contributed by atoms with Crippen LogP contribution in [0.5, 0.6) is 0 Å². The Morgan fingerprint density at radius 3 is 2.53 bits per heavy atom. The van der Waals surface area contributed by atoms with Gasteiger partial charge in [-0.05, 0) is 26.2 Å². The lowest BCUT2D eigenvalue weighted by Crippen LogP contribution is -2.11. The number of rotatable bonds is 7. The molecule has 0 aliphatic heterocycles. The smallest absolute Gasteiger partial charge is 0.330 e. The fourth-order valence-corrected chi connectivity index (χ4v) is 1.29. The molecule has 3 heteroatoms. The maximum absolute atomic E-state index is 10.9. The van der Waals surface area contributed by atoms with E-state index in [1.807, 2.05) is 6.92 Å². The standard InChI is InChI=1S/C12H22O3/c1-5-14-12(13)7-6-8-15-11(4)9-10(2)3/h6-7,10-11H,5,8-9H2,1-4H3/b7-6+. The summed E-state index contributed by atoms with van der Waals surface area (Å²) in [5.74, 6) is 0.326. The van der Waals surface area contributed by atoms with Gasteiger partial charge in [0, 0.05) is 6.08 Å². The third-order valence-electron chi connectivity index (χ3n) is 1.82. The molecule has 0 amide bonds. The molecule has 0 rings (SSSR count). The van der Waals surface area contributed by atoms with Gasteiger partial charge in [-0.1, -0.05) is 19.9 Å². The first-order valence-electron chi connectivity index (χ1n) is 5.51. The van der Waals surface area contributed by atoms with E-state index < -0.39 is 0 Å². The maximum Gasteiger partial charge on any atom is 0.330 e. The molecule has 0 N–H and O–H groups in total. The van der Waals surface area contributed by atoms with E-state index in [0.717, 1.165) is 6.42 Å². The van der Waals surface area contributed by atoms with Gasteiger partial charge in [0.2, 0.25) is 0 Å². The van der Waals surface area contributed by atoms with E-state index >= 15 is 0 Å². The third-order valence-corrected chi connectivity index (χ3v) is 1.82. The Hall–Kier alpha value is -0.830. The monoisotopic (exact) mass is 214 g/mol. The first-order valence-corrected chi connectivity index (χ1v) is 5.51. The molecule has 1 unspecified atom stereocenters. The summed E-state index contributed by atoms with van der Waals surface area (Å²) in [5.41, 5.74) is 0. The number of carbonyl (C=O) groups is 1. The molecule has 0 saturated heterocycles. The first-order chi connectivity index (χ1) is 7.06. The second-order valence-electron chi connectivity index (χ2n) is 3.93. The minimum absolute atomic E-state index is 0.233. The molecule has 0 aliphatic rings. The number of hydrogen-bond donors (Lipinski definition) is 0. The SMILES string of the molecule is CCOC(=O)/C=C/COC(C)CC(C)C. The van der Waals surface area contributed by atoms with Gasteiger partial charge in [0.05, 0.1) is 19.3 Å². The number of hydrogen-bond acceptors (Lipinski definition) is 3. The summed E-state index contributed by atoms with van der Waals surface area (Å²) in [4.78, 5) is 10.9. The van der Waals surface area contributed by atoms with E-state index in [2.05, 4.69) is 13.8 Å². The van der Waals surface area contributed by atoms with Crippen LogP contribution in [0.2, 0.25) is 0 Å². The minimum Gasteiger partial charge on any atom is -0.463 e. The summed E-state index contributed by atoms with van der Waals surface area (Å²) in [7, 11) is 0. The fraction of sp³-hybridized carbons (Fsp3) is 0.750. The molecule has 0 aromatic rings. The van der Waals surface area contributed by atoms with Crippen molar-refractivity contribution in [3.8, 4) is 0 Å². The number of carbonyl (C=O) groups excluding carboxylic acids is 1. The van der Waals surface area contributed by atoms with E-state index in [9.17, 15) is 4.79 Å². The minimum atomic E-state index is -0.308. The average Bonchev–Trinajstić information content (AvgIpc) is 2.12. The highest BCUT2D eigenvalue weighted by Gasteiger charge is 2.03. The molecule has 15 heavy (non-hydrogen) atoms. The molecule has 0 radical (unpaired) electrons. The molecule has 0 spiro atoms. The lowest BCUT2D eigenvalue weighted by Gasteiger charge is -2.13. The van der Waals surface area contributed by atoms with Gasteiger partial charge in [0.1, 0.15) is 0 Å². The van der Waals surface area contributed by atoms with Crippen molar-refractivity contribution in [3.63, 3.8) is 0 Å². The van der Waals surface area contributed by atoms with Crippen LogP contribution >= 0.6 is 0 Å². The summed E-state index contributed by atoms with van der Waals surface area (Å²) in [6.45, 7) is 9.02. The predicted octanol–water partition coefficient (Wildman–Crippen LogP) is 2.56. The summed E-state index contributed by atoms with van der Waals surface area (Å²) in [6, 6.07) is 0. The van der Waals surface area contributed by atoms with Gasteiger partial charge in [-0.15, -0.1) is 0 Å². The molecule has 0 fully saturated rings. The zero-order chi connectivity index (χ0) is 11.7. The largest absolute Gasteiger partial charge is 0.463 e. The van der Waals surface area contributed by atoms with Gasteiger partial charge < -0.3 is 9.47 Å². The molecule has 0 aromatic heterocycles. The van der Waals surface area contributed by atoms with Crippen molar-refractivity contribution >= 4 is 5.97 Å². The van der Waals surface area contributed by atoms with Crippen molar-refractivity contribution in [1.82, 2.24) is 0 Å². The lowest BCUT2D eigenvalue weighted by molar-refractivity contribution is -0.137. The number of ether oxygens (including phenoxy) is 2. The van der Waals surface area contributed by atoms with Crippen LogP contribution in [0.1, 0.15) is 34.1 Å². The summed E-state index contributed by atoms with van der Waals surface area (Å²) in [6.07, 6.45) is 4.37. The Morgan fingerprint density at radius 1 is 1.33 bits per heavy atom. The molecule has 0 heterocycles. The van der Waals surface area contributed by atoms with E-state index in [0.29, 0.717) is 19.1 Å². The van der Waals surface area contributed by atoms with Gasteiger partial charge in [0.15, 0.2) is 0 Å². The van der Waals surface area contributed by atoms with Crippen molar-refractivity contribution in [1.29, 1.82) is 0 Å². The van der Waals surface area contributed by atoms with Crippen LogP contribution in [0.25, 0.3) is 0 Å². The van der Waals surface area contributed by atoms with Crippen LogP contribution in [-0.4, -0.2) is 25.3 Å². The second kappa shape index (κ2) is 8.48. The quantitative estimate of drug-likeness (QED) is 0.482. The number of esters is 1. The highest BCUT2D eigenvalue weighted by Crippen LogP contribution is 2.07. The lowest BCUT2D eigenvalue weighted by atomic mass is 10.1. The second-order valence-corrected chi connectivity index (χ2v) is 3.93. The summed E-state index contributed by atoms with van der Waals surface area (Å²) < 4.78 is 10.2. The Bertz CT molecular complexity index is 197. The fourth-order valence-electron chi connectivity index (χ4n) is 1.29. The van der Waals surface area contributed by atoms with Gasteiger partial charge in [-0.3, -0.25) is 0 Å². The summed E-state index contributed by atoms with van der Waals surface area (Å²) in [5, 5.41) is 0. The van der Waals surface area contributed by atoms with Crippen LogP contribution in [0.15, 0.2) is 12.2 Å². The van der Waals surface area contributed by atoms with Gasteiger partial charge in [0.25, 0.3) is 0 Å². The van der Waals surface area contributed by atoms with E-state index in [1.54, 1.807) is 13.0 Å². The van der Waals surface area contributed by atoms with Crippen LogP contribution in [0, 0.1) is 5.92 Å². The van der Waals surface area contributed by atoms with Crippen LogP contribution < -0.4 is 0 Å². The van der Waals surface area contributed by atoms with E-state index in [1.165, 1.54) is 6.08 Å². The predicted molar refractivity (Wildman–Crippen MR) is 60.6 cm³/mol. The van der Waals surface area contributed by atoms with Crippen molar-refractivity contribution in [2.45, 2.75) is 40.2 Å². The molecule has 0 bridgehead atoms.